The van der Waals surface area contributed by atoms with Crippen LogP contribution in [0, 0.1) is 0 Å². The Hall–Kier alpha value is -0.630. The summed E-state index contributed by atoms with van der Waals surface area (Å²) in [6, 6.07) is 0. The van der Waals surface area contributed by atoms with E-state index in [1.54, 1.807) is 0 Å². The number of allylic oxidation sites excluding steroid dienone is 6. The standard InChI is InChI=1S/C11H19NS/c1-5-7-11(6-2)9(3)10(4)12-8-13/h5-7,12-13H,8H2,1-4H3/b7-5-,10-9+,11-6?. The summed E-state index contributed by atoms with van der Waals surface area (Å²) in [6.45, 7) is 8.25. The summed E-state index contributed by atoms with van der Waals surface area (Å²) >= 11 is 4.12. The van der Waals surface area contributed by atoms with E-state index in [4.69, 9.17) is 0 Å². The smallest absolute Gasteiger partial charge is 0.0578 e. The van der Waals surface area contributed by atoms with Crippen LogP contribution in [0.4, 0.5) is 0 Å². The van der Waals surface area contributed by atoms with Crippen molar-refractivity contribution >= 4 is 12.6 Å². The van der Waals surface area contributed by atoms with Gasteiger partial charge in [0.15, 0.2) is 0 Å². The SMILES string of the molecule is CC=C(/C=C\C)/C(C)=C(\C)NCS. The highest BCUT2D eigenvalue weighted by Crippen LogP contribution is 2.13. The Kier molecular flexibility index (Phi) is 6.51. The molecular formula is C11H19NS. The molecule has 0 aliphatic rings. The molecule has 0 rings (SSSR count). The molecule has 74 valence electrons. The molecule has 0 atom stereocenters. The quantitative estimate of drug-likeness (QED) is 0.400. The van der Waals surface area contributed by atoms with Crippen molar-refractivity contribution in [2.75, 3.05) is 5.88 Å². The Morgan fingerprint density at radius 3 is 2.31 bits per heavy atom. The second-order valence-corrected chi connectivity index (χ2v) is 3.15. The summed E-state index contributed by atoms with van der Waals surface area (Å²) in [4.78, 5) is 0. The van der Waals surface area contributed by atoms with Gasteiger partial charge in [0.2, 0.25) is 0 Å². The molecule has 0 bridgehead atoms. The van der Waals surface area contributed by atoms with E-state index in [9.17, 15) is 0 Å². The lowest BCUT2D eigenvalue weighted by Gasteiger charge is -2.09. The van der Waals surface area contributed by atoms with E-state index in [0.717, 1.165) is 0 Å². The lowest BCUT2D eigenvalue weighted by atomic mass is 10.1. The first-order valence-electron chi connectivity index (χ1n) is 4.49. The zero-order chi connectivity index (χ0) is 10.3. The van der Waals surface area contributed by atoms with Crippen LogP contribution in [0.2, 0.25) is 0 Å². The molecule has 0 amide bonds. The van der Waals surface area contributed by atoms with Crippen molar-refractivity contribution in [2.45, 2.75) is 27.7 Å². The van der Waals surface area contributed by atoms with E-state index < -0.39 is 0 Å². The molecule has 0 saturated heterocycles. The predicted molar refractivity (Wildman–Crippen MR) is 63.9 cm³/mol. The van der Waals surface area contributed by atoms with Gasteiger partial charge in [0.05, 0.1) is 5.88 Å². The molecule has 2 heteroatoms. The van der Waals surface area contributed by atoms with Crippen molar-refractivity contribution in [2.24, 2.45) is 0 Å². The van der Waals surface area contributed by atoms with Crippen molar-refractivity contribution in [3.8, 4) is 0 Å². The molecule has 0 aromatic heterocycles. The van der Waals surface area contributed by atoms with Gasteiger partial charge in [0, 0.05) is 5.70 Å². The normalized spacial score (nSPS) is 14.7. The maximum absolute atomic E-state index is 4.12. The van der Waals surface area contributed by atoms with Gasteiger partial charge in [0.1, 0.15) is 0 Å². The van der Waals surface area contributed by atoms with Crippen LogP contribution in [0.5, 0.6) is 0 Å². The first-order valence-corrected chi connectivity index (χ1v) is 5.12. The highest BCUT2D eigenvalue weighted by molar-refractivity contribution is 7.80. The van der Waals surface area contributed by atoms with Crippen molar-refractivity contribution in [1.29, 1.82) is 0 Å². The van der Waals surface area contributed by atoms with Gasteiger partial charge in [-0.2, -0.15) is 12.6 Å². The molecule has 0 unspecified atom stereocenters. The minimum absolute atomic E-state index is 0.677. The van der Waals surface area contributed by atoms with Crippen LogP contribution in [0.25, 0.3) is 0 Å². The molecule has 0 spiro atoms. The van der Waals surface area contributed by atoms with Gasteiger partial charge in [-0.3, -0.25) is 0 Å². The van der Waals surface area contributed by atoms with Crippen molar-refractivity contribution in [1.82, 2.24) is 5.32 Å². The molecule has 1 N–H and O–H groups in total. The van der Waals surface area contributed by atoms with E-state index in [1.165, 1.54) is 16.8 Å². The third-order valence-corrected chi connectivity index (χ3v) is 2.16. The first-order chi connectivity index (χ1) is 6.17. The summed E-state index contributed by atoms with van der Waals surface area (Å²) in [5, 5.41) is 3.19. The molecule has 0 aliphatic heterocycles. The molecule has 13 heavy (non-hydrogen) atoms. The molecule has 1 nitrogen and oxygen atoms in total. The van der Waals surface area contributed by atoms with Gasteiger partial charge in [-0.15, -0.1) is 0 Å². The molecule has 0 radical (unpaired) electrons. The molecule has 0 saturated carbocycles. The third kappa shape index (κ3) is 4.23. The zero-order valence-electron chi connectivity index (χ0n) is 8.89. The molecular weight excluding hydrogens is 178 g/mol. The van der Waals surface area contributed by atoms with E-state index >= 15 is 0 Å². The Balaban J connectivity index is 4.71. The Morgan fingerprint density at radius 1 is 1.31 bits per heavy atom. The van der Waals surface area contributed by atoms with Crippen LogP contribution in [0.3, 0.4) is 0 Å². The molecule has 0 heterocycles. The maximum atomic E-state index is 4.12. The lowest BCUT2D eigenvalue weighted by Crippen LogP contribution is -2.10. The van der Waals surface area contributed by atoms with Crippen molar-refractivity contribution < 1.29 is 0 Å². The summed E-state index contributed by atoms with van der Waals surface area (Å²) in [7, 11) is 0. The summed E-state index contributed by atoms with van der Waals surface area (Å²) in [5.74, 6) is 0.677. The summed E-state index contributed by atoms with van der Waals surface area (Å²) < 4.78 is 0. The third-order valence-electron chi connectivity index (χ3n) is 2.00. The first kappa shape index (κ1) is 12.4. The van der Waals surface area contributed by atoms with E-state index in [1.807, 2.05) is 19.9 Å². The fourth-order valence-corrected chi connectivity index (χ4v) is 1.32. The number of hydrogen-bond donors (Lipinski definition) is 2. The van der Waals surface area contributed by atoms with Crippen LogP contribution < -0.4 is 5.32 Å². The summed E-state index contributed by atoms with van der Waals surface area (Å²) in [6.07, 6.45) is 6.27. The molecule has 0 fully saturated rings. The average molecular weight is 197 g/mol. The number of rotatable bonds is 4. The van der Waals surface area contributed by atoms with E-state index in [-0.39, 0.29) is 0 Å². The fraction of sp³-hybridized carbons (Fsp3) is 0.455. The fourth-order valence-electron chi connectivity index (χ4n) is 1.08. The molecule has 0 aromatic carbocycles. The Labute approximate surface area is 87.0 Å². The van der Waals surface area contributed by atoms with Gasteiger partial charge in [0.25, 0.3) is 0 Å². The van der Waals surface area contributed by atoms with Crippen molar-refractivity contribution in [3.05, 3.63) is 35.1 Å². The van der Waals surface area contributed by atoms with Gasteiger partial charge < -0.3 is 5.32 Å². The Morgan fingerprint density at radius 2 is 1.92 bits per heavy atom. The van der Waals surface area contributed by atoms with Crippen LogP contribution in [-0.4, -0.2) is 5.88 Å². The number of thiol groups is 1. The van der Waals surface area contributed by atoms with E-state index in [0.29, 0.717) is 5.88 Å². The van der Waals surface area contributed by atoms with Crippen LogP contribution in [0.15, 0.2) is 35.1 Å². The Bertz CT molecular complexity index is 236. The summed E-state index contributed by atoms with van der Waals surface area (Å²) in [5.41, 5.74) is 3.71. The van der Waals surface area contributed by atoms with Crippen LogP contribution in [-0.2, 0) is 0 Å². The second kappa shape index (κ2) is 6.84. The highest BCUT2D eigenvalue weighted by Gasteiger charge is 1.98. The average Bonchev–Trinajstić information content (AvgIpc) is 2.13. The van der Waals surface area contributed by atoms with Gasteiger partial charge >= 0.3 is 0 Å². The van der Waals surface area contributed by atoms with Gasteiger partial charge in [-0.05, 0) is 38.8 Å². The van der Waals surface area contributed by atoms with E-state index in [2.05, 4.69) is 43.9 Å². The van der Waals surface area contributed by atoms with Crippen molar-refractivity contribution in [3.63, 3.8) is 0 Å². The molecule has 0 aliphatic carbocycles. The largest absolute Gasteiger partial charge is 0.380 e. The number of hydrogen-bond acceptors (Lipinski definition) is 2. The maximum Gasteiger partial charge on any atom is 0.0578 e. The topological polar surface area (TPSA) is 12.0 Å². The number of nitrogens with one attached hydrogen (secondary N) is 1. The minimum Gasteiger partial charge on any atom is -0.380 e. The monoisotopic (exact) mass is 197 g/mol. The van der Waals surface area contributed by atoms with Gasteiger partial charge in [-0.1, -0.05) is 18.2 Å². The van der Waals surface area contributed by atoms with Crippen LogP contribution >= 0.6 is 12.6 Å². The highest BCUT2D eigenvalue weighted by atomic mass is 32.1. The van der Waals surface area contributed by atoms with Crippen LogP contribution in [0.1, 0.15) is 27.7 Å². The van der Waals surface area contributed by atoms with Gasteiger partial charge in [-0.25, -0.2) is 0 Å². The molecule has 0 aromatic rings. The second-order valence-electron chi connectivity index (χ2n) is 2.83. The minimum atomic E-state index is 0.677. The lowest BCUT2D eigenvalue weighted by molar-refractivity contribution is 0.940. The predicted octanol–water partition coefficient (Wildman–Crippen LogP) is 3.28. The zero-order valence-corrected chi connectivity index (χ0v) is 9.78.